The molecule has 0 aliphatic carbocycles. The highest BCUT2D eigenvalue weighted by Crippen LogP contribution is 2.23. The van der Waals surface area contributed by atoms with Crippen molar-refractivity contribution in [3.63, 3.8) is 0 Å². The minimum atomic E-state index is -0.123. The second-order valence-corrected chi connectivity index (χ2v) is 5.42. The van der Waals surface area contributed by atoms with Crippen molar-refractivity contribution in [2.75, 3.05) is 19.9 Å². The summed E-state index contributed by atoms with van der Waals surface area (Å²) in [7, 11) is 3.29. The summed E-state index contributed by atoms with van der Waals surface area (Å²) in [6, 6.07) is 5.05. The number of thiazole rings is 1. The third kappa shape index (κ3) is 2.91. The van der Waals surface area contributed by atoms with E-state index in [4.69, 9.17) is 10.5 Å². The maximum Gasteiger partial charge on any atom is 0.257 e. The third-order valence-electron chi connectivity index (χ3n) is 3.03. The fraction of sp³-hybridized carbons (Fsp3) is 0.286. The Kier molecular flexibility index (Phi) is 4.24. The average molecular weight is 291 g/mol. The van der Waals surface area contributed by atoms with Gasteiger partial charge in [0.05, 0.1) is 30.4 Å². The van der Waals surface area contributed by atoms with Gasteiger partial charge in [-0.25, -0.2) is 4.98 Å². The molecule has 0 aliphatic heterocycles. The van der Waals surface area contributed by atoms with E-state index >= 15 is 0 Å². The lowest BCUT2D eigenvalue weighted by Crippen LogP contribution is -2.26. The van der Waals surface area contributed by atoms with Crippen molar-refractivity contribution in [3.05, 3.63) is 39.8 Å². The third-order valence-corrected chi connectivity index (χ3v) is 3.95. The first-order valence-corrected chi connectivity index (χ1v) is 6.99. The number of carbonyl (C=O) groups excluding carboxylic acids is 1. The number of hydrogen-bond donors (Lipinski definition) is 1. The predicted octanol–water partition coefficient (Wildman–Crippen LogP) is 2.31. The van der Waals surface area contributed by atoms with Gasteiger partial charge in [0.1, 0.15) is 5.75 Å². The standard InChI is InChI=1S/C14H17N3O2S/c1-9-13(20-8-16-9)7-17(2)14(18)11-6-10(15)4-5-12(11)19-3/h4-6,8H,7,15H2,1-3H3. The van der Waals surface area contributed by atoms with E-state index in [2.05, 4.69) is 4.98 Å². The number of aryl methyl sites for hydroxylation is 1. The van der Waals surface area contributed by atoms with E-state index in [9.17, 15) is 4.79 Å². The summed E-state index contributed by atoms with van der Waals surface area (Å²) in [4.78, 5) is 19.4. The van der Waals surface area contributed by atoms with Crippen LogP contribution in [-0.4, -0.2) is 29.9 Å². The average Bonchev–Trinajstić information content (AvgIpc) is 2.83. The lowest BCUT2D eigenvalue weighted by molar-refractivity contribution is 0.0783. The Hall–Kier alpha value is -2.08. The Labute approximate surface area is 122 Å². The zero-order chi connectivity index (χ0) is 14.7. The summed E-state index contributed by atoms with van der Waals surface area (Å²) in [6.45, 7) is 2.46. The number of ether oxygens (including phenoxy) is 1. The molecule has 6 heteroatoms. The summed E-state index contributed by atoms with van der Waals surface area (Å²) in [5.41, 5.74) is 9.49. The fourth-order valence-corrected chi connectivity index (χ4v) is 2.69. The molecule has 1 heterocycles. The van der Waals surface area contributed by atoms with Crippen LogP contribution in [0.2, 0.25) is 0 Å². The Morgan fingerprint density at radius 1 is 1.50 bits per heavy atom. The van der Waals surface area contributed by atoms with Crippen molar-refractivity contribution in [1.29, 1.82) is 0 Å². The summed E-state index contributed by atoms with van der Waals surface area (Å²) >= 11 is 1.54. The van der Waals surface area contributed by atoms with E-state index in [0.29, 0.717) is 23.5 Å². The van der Waals surface area contributed by atoms with Crippen molar-refractivity contribution in [1.82, 2.24) is 9.88 Å². The topological polar surface area (TPSA) is 68.5 Å². The Bertz CT molecular complexity index is 625. The van der Waals surface area contributed by atoms with Gasteiger partial charge in [-0.2, -0.15) is 0 Å². The van der Waals surface area contributed by atoms with Crippen LogP contribution in [0.15, 0.2) is 23.7 Å². The minimum absolute atomic E-state index is 0.123. The number of anilines is 1. The number of aromatic nitrogens is 1. The van der Waals surface area contributed by atoms with Gasteiger partial charge in [-0.05, 0) is 25.1 Å². The first-order chi connectivity index (χ1) is 9.52. The van der Waals surface area contributed by atoms with Crippen molar-refractivity contribution < 1.29 is 9.53 Å². The summed E-state index contributed by atoms with van der Waals surface area (Å²) < 4.78 is 5.22. The molecular weight excluding hydrogens is 274 g/mol. The second kappa shape index (κ2) is 5.92. The van der Waals surface area contributed by atoms with Gasteiger partial charge < -0.3 is 15.4 Å². The number of benzene rings is 1. The van der Waals surface area contributed by atoms with Crippen molar-refractivity contribution in [2.45, 2.75) is 13.5 Å². The van der Waals surface area contributed by atoms with E-state index in [1.807, 2.05) is 6.92 Å². The maximum absolute atomic E-state index is 12.5. The molecule has 2 aromatic rings. The van der Waals surface area contributed by atoms with E-state index < -0.39 is 0 Å². The highest BCUT2D eigenvalue weighted by atomic mass is 32.1. The van der Waals surface area contributed by atoms with Crippen LogP contribution in [0.3, 0.4) is 0 Å². The molecule has 0 unspecified atom stereocenters. The Balaban J connectivity index is 2.22. The number of methoxy groups -OCH3 is 1. The van der Waals surface area contributed by atoms with Gasteiger partial charge in [-0.1, -0.05) is 0 Å². The summed E-state index contributed by atoms with van der Waals surface area (Å²) in [6.07, 6.45) is 0. The summed E-state index contributed by atoms with van der Waals surface area (Å²) in [5.74, 6) is 0.402. The minimum Gasteiger partial charge on any atom is -0.496 e. The van der Waals surface area contributed by atoms with Gasteiger partial charge in [0, 0.05) is 17.6 Å². The molecule has 1 aromatic carbocycles. The lowest BCUT2D eigenvalue weighted by Gasteiger charge is -2.18. The largest absolute Gasteiger partial charge is 0.496 e. The molecule has 2 rings (SSSR count). The van der Waals surface area contributed by atoms with E-state index in [1.54, 1.807) is 47.0 Å². The highest BCUT2D eigenvalue weighted by Gasteiger charge is 2.18. The van der Waals surface area contributed by atoms with Crippen LogP contribution in [0.5, 0.6) is 5.75 Å². The van der Waals surface area contributed by atoms with Crippen LogP contribution in [0.25, 0.3) is 0 Å². The molecule has 0 fully saturated rings. The molecule has 0 saturated carbocycles. The SMILES string of the molecule is COc1ccc(N)cc1C(=O)N(C)Cc1scnc1C. The normalized spacial score (nSPS) is 10.3. The van der Waals surface area contributed by atoms with Gasteiger partial charge >= 0.3 is 0 Å². The van der Waals surface area contributed by atoms with Crippen LogP contribution in [-0.2, 0) is 6.54 Å². The smallest absolute Gasteiger partial charge is 0.257 e. The second-order valence-electron chi connectivity index (χ2n) is 4.48. The quantitative estimate of drug-likeness (QED) is 0.878. The summed E-state index contributed by atoms with van der Waals surface area (Å²) in [5, 5.41) is 0. The number of amides is 1. The molecule has 0 aliphatic rings. The highest BCUT2D eigenvalue weighted by molar-refractivity contribution is 7.09. The number of hydrogen-bond acceptors (Lipinski definition) is 5. The number of rotatable bonds is 4. The van der Waals surface area contributed by atoms with Crippen LogP contribution in [0, 0.1) is 6.92 Å². The van der Waals surface area contributed by atoms with Gasteiger partial charge in [0.15, 0.2) is 0 Å². The zero-order valence-corrected chi connectivity index (χ0v) is 12.5. The molecule has 0 atom stereocenters. The molecule has 1 amide bonds. The van der Waals surface area contributed by atoms with Crippen molar-refractivity contribution in [3.8, 4) is 5.75 Å². The maximum atomic E-state index is 12.5. The number of nitrogens with two attached hydrogens (primary N) is 1. The molecule has 20 heavy (non-hydrogen) atoms. The van der Waals surface area contributed by atoms with Crippen LogP contribution >= 0.6 is 11.3 Å². The van der Waals surface area contributed by atoms with Gasteiger partial charge in [0.25, 0.3) is 5.91 Å². The van der Waals surface area contributed by atoms with Gasteiger partial charge in [0.2, 0.25) is 0 Å². The number of nitrogens with zero attached hydrogens (tertiary/aromatic N) is 2. The Morgan fingerprint density at radius 3 is 2.85 bits per heavy atom. The fourth-order valence-electron chi connectivity index (χ4n) is 1.86. The zero-order valence-electron chi connectivity index (χ0n) is 11.7. The monoisotopic (exact) mass is 291 g/mol. The molecule has 2 N–H and O–H groups in total. The first-order valence-electron chi connectivity index (χ1n) is 6.11. The number of carbonyl (C=O) groups is 1. The lowest BCUT2D eigenvalue weighted by atomic mass is 10.1. The molecule has 5 nitrogen and oxygen atoms in total. The van der Waals surface area contributed by atoms with Crippen LogP contribution < -0.4 is 10.5 Å². The van der Waals surface area contributed by atoms with Crippen LogP contribution in [0.1, 0.15) is 20.9 Å². The van der Waals surface area contributed by atoms with Crippen molar-refractivity contribution >= 4 is 22.9 Å². The van der Waals surface area contributed by atoms with Gasteiger partial charge in [-0.15, -0.1) is 11.3 Å². The molecule has 0 spiro atoms. The van der Waals surface area contributed by atoms with E-state index in [-0.39, 0.29) is 5.91 Å². The molecule has 106 valence electrons. The Morgan fingerprint density at radius 2 is 2.25 bits per heavy atom. The number of nitrogen functional groups attached to an aromatic ring is 1. The van der Waals surface area contributed by atoms with Crippen LogP contribution in [0.4, 0.5) is 5.69 Å². The molecular formula is C14H17N3O2S. The van der Waals surface area contributed by atoms with E-state index in [0.717, 1.165) is 10.6 Å². The first kappa shape index (κ1) is 14.3. The molecule has 0 saturated heterocycles. The molecule has 0 radical (unpaired) electrons. The molecule has 0 bridgehead atoms. The molecule has 1 aromatic heterocycles. The van der Waals surface area contributed by atoms with E-state index in [1.165, 1.54) is 7.11 Å². The van der Waals surface area contributed by atoms with Gasteiger partial charge in [-0.3, -0.25) is 4.79 Å². The predicted molar refractivity (Wildman–Crippen MR) is 80.1 cm³/mol. The van der Waals surface area contributed by atoms with Crippen molar-refractivity contribution in [2.24, 2.45) is 0 Å².